The molecule has 240 valence electrons. The molecule has 7 rings (SSSR count). The molecule has 0 saturated carbocycles. The molecule has 3 aliphatic rings. The number of imidazole rings is 2. The second kappa shape index (κ2) is 10.7. The summed E-state index contributed by atoms with van der Waals surface area (Å²) in [5, 5.41) is 0. The monoisotopic (exact) mass is 674 g/mol. The Kier molecular flexibility index (Phi) is 7.11. The van der Waals surface area contributed by atoms with Crippen LogP contribution in [0.25, 0.3) is 22.3 Å². The van der Waals surface area contributed by atoms with Crippen LogP contribution < -0.4 is 17.0 Å². The number of nitrogens with zero attached hydrogens (tertiary/aromatic N) is 7. The highest BCUT2D eigenvalue weighted by Gasteiger charge is 2.53. The number of hydrogen-bond acceptors (Lipinski definition) is 15. The molecule has 0 bridgehead atoms. The average molecular weight is 674 g/mol. The number of alkyl halides is 2. The number of anilines is 2. The van der Waals surface area contributed by atoms with Gasteiger partial charge in [-0.1, -0.05) is 0 Å². The van der Waals surface area contributed by atoms with Crippen LogP contribution in [0.1, 0.15) is 12.5 Å². The Morgan fingerprint density at radius 2 is 1.62 bits per heavy atom. The molecule has 20 nitrogen and oxygen atoms in total. The number of rotatable bonds is 2. The third-order valence-corrected chi connectivity index (χ3v) is 9.33. The van der Waals surface area contributed by atoms with E-state index in [1.807, 2.05) is 0 Å². The van der Waals surface area contributed by atoms with Crippen molar-refractivity contribution < 1.29 is 50.7 Å². The summed E-state index contributed by atoms with van der Waals surface area (Å²) in [4.78, 5) is 55.3. The fourth-order valence-corrected chi connectivity index (χ4v) is 7.27. The fourth-order valence-electron chi connectivity index (χ4n) is 5.27. The van der Waals surface area contributed by atoms with Crippen molar-refractivity contribution in [2.75, 3.05) is 18.1 Å². The minimum Gasteiger partial charge on any atom is -0.382 e. The summed E-state index contributed by atoms with van der Waals surface area (Å²) >= 11 is 0. The summed E-state index contributed by atoms with van der Waals surface area (Å²) in [7, 11) is -10.0. The summed E-state index contributed by atoms with van der Waals surface area (Å²) in [5.74, 6) is 0.285. The second-order valence-electron chi connectivity index (χ2n) is 10.1. The summed E-state index contributed by atoms with van der Waals surface area (Å²) in [6.07, 6.45) is -10.4. The number of nitrogen functional groups attached to an aromatic ring is 2. The zero-order valence-corrected chi connectivity index (χ0v) is 24.1. The number of hydrogen-bond donors (Lipinski definition) is 5. The molecule has 45 heavy (non-hydrogen) atoms. The molecule has 2 saturated heterocycles. The number of aromatic amines is 1. The lowest BCUT2D eigenvalue weighted by Gasteiger charge is -2.25. The largest absolute Gasteiger partial charge is 0.472 e. The number of phosphoric acid groups is 1. The summed E-state index contributed by atoms with van der Waals surface area (Å²) in [6.45, 7) is -0.903. The molecule has 4 aromatic heterocycles. The topological polar surface area (TPSA) is 280 Å². The number of halogens is 2. The number of nitrogens with one attached hydrogen (secondary N) is 1. The Bertz CT molecular complexity index is 1990. The molecular formula is C21H22F2N10O10P2. The molecule has 7 N–H and O–H groups in total. The zero-order valence-electron chi connectivity index (χ0n) is 22.3. The zero-order chi connectivity index (χ0) is 31.8. The van der Waals surface area contributed by atoms with Crippen molar-refractivity contribution in [3.05, 3.63) is 41.2 Å². The first kappa shape index (κ1) is 30.0. The van der Waals surface area contributed by atoms with Crippen LogP contribution in [-0.4, -0.2) is 92.2 Å². The molecular weight excluding hydrogens is 652 g/mol. The highest BCUT2D eigenvalue weighted by atomic mass is 31.2. The number of aromatic nitrogens is 8. The number of H-pyrrole nitrogens is 1. The van der Waals surface area contributed by atoms with E-state index in [1.165, 1.54) is 0 Å². The number of ether oxygens (including phenoxy) is 2. The van der Waals surface area contributed by atoms with E-state index in [2.05, 4.69) is 29.9 Å². The summed E-state index contributed by atoms with van der Waals surface area (Å²) in [5.41, 5.74) is 10.5. The van der Waals surface area contributed by atoms with E-state index in [1.54, 1.807) is 0 Å². The quantitative estimate of drug-likeness (QED) is 0.177. The highest BCUT2D eigenvalue weighted by Crippen LogP contribution is 2.54. The lowest BCUT2D eigenvalue weighted by molar-refractivity contribution is -0.0481. The van der Waals surface area contributed by atoms with Gasteiger partial charge in [0.2, 0.25) is 5.95 Å². The third kappa shape index (κ3) is 5.23. The van der Waals surface area contributed by atoms with Crippen LogP contribution in [0.5, 0.6) is 0 Å². The van der Waals surface area contributed by atoms with Crippen LogP contribution in [0.3, 0.4) is 0 Å². The highest BCUT2D eigenvalue weighted by molar-refractivity contribution is 7.56. The van der Waals surface area contributed by atoms with Crippen molar-refractivity contribution in [3.8, 4) is 0 Å². The first-order valence-electron chi connectivity index (χ1n) is 12.9. The molecule has 0 amide bonds. The molecule has 10 atom stereocenters. The van der Waals surface area contributed by atoms with E-state index in [-0.39, 0.29) is 34.1 Å². The van der Waals surface area contributed by atoms with Crippen molar-refractivity contribution in [1.29, 1.82) is 0 Å². The Labute approximate surface area is 248 Å². The molecule has 2 fully saturated rings. The summed E-state index contributed by atoms with van der Waals surface area (Å²) in [6, 6.07) is 0. The number of phosphoric ester groups is 1. The molecule has 3 aliphatic heterocycles. The Balaban J connectivity index is 1.20. The van der Waals surface area contributed by atoms with Gasteiger partial charge < -0.3 is 30.7 Å². The molecule has 4 aromatic rings. The maximum atomic E-state index is 15.9. The second-order valence-corrected chi connectivity index (χ2v) is 13.2. The van der Waals surface area contributed by atoms with Crippen LogP contribution >= 0.6 is 15.4 Å². The molecule has 7 heterocycles. The number of nitrogens with two attached hydrogens (primary N) is 2. The summed E-state index contributed by atoms with van der Waals surface area (Å²) < 4.78 is 86.8. The Hall–Kier alpha value is -3.72. The van der Waals surface area contributed by atoms with Gasteiger partial charge in [-0.25, -0.2) is 33.3 Å². The van der Waals surface area contributed by atoms with Crippen molar-refractivity contribution in [2.24, 2.45) is 0 Å². The minimum atomic E-state index is -5.15. The van der Waals surface area contributed by atoms with Crippen LogP contribution in [0.15, 0.2) is 35.7 Å². The third-order valence-electron chi connectivity index (χ3n) is 7.25. The van der Waals surface area contributed by atoms with Gasteiger partial charge in [0.1, 0.15) is 36.3 Å². The van der Waals surface area contributed by atoms with Gasteiger partial charge in [-0.05, 0) is 6.08 Å². The molecule has 2 unspecified atom stereocenters. The van der Waals surface area contributed by atoms with Crippen LogP contribution in [-0.2, 0) is 32.2 Å². The van der Waals surface area contributed by atoms with Gasteiger partial charge in [0.05, 0.1) is 19.3 Å². The molecule has 0 radical (unpaired) electrons. The maximum absolute atomic E-state index is 15.9. The normalized spacial score (nSPS) is 38.0. The van der Waals surface area contributed by atoms with E-state index < -0.39 is 76.8 Å². The van der Waals surface area contributed by atoms with Gasteiger partial charge in [0.15, 0.2) is 47.4 Å². The van der Waals surface area contributed by atoms with E-state index in [9.17, 15) is 23.7 Å². The van der Waals surface area contributed by atoms with E-state index in [0.29, 0.717) is 5.82 Å². The van der Waals surface area contributed by atoms with E-state index in [4.69, 9.17) is 34.5 Å². The SMILES string of the molecule is Nc1nc2c(ncn2[C@@H]2O[C@@H]3/C=C/P(=O)(O)O[C@H]4[C@@H](F)[C@H](n5cnc6c(N)ncnc65)O[C@@H]4COP(=O)(O)O[C@H]3[C@H]2F)c(=O)[nH]1. The van der Waals surface area contributed by atoms with Gasteiger partial charge in [-0.2, -0.15) is 4.98 Å². The molecule has 0 spiro atoms. The predicted molar refractivity (Wildman–Crippen MR) is 144 cm³/mol. The molecule has 24 heteroatoms. The fraction of sp³-hybridized carbons (Fsp3) is 0.429. The smallest absolute Gasteiger partial charge is 0.382 e. The van der Waals surface area contributed by atoms with Gasteiger partial charge >= 0.3 is 15.4 Å². The van der Waals surface area contributed by atoms with Crippen LogP contribution in [0.4, 0.5) is 20.5 Å². The van der Waals surface area contributed by atoms with E-state index in [0.717, 1.165) is 34.2 Å². The Morgan fingerprint density at radius 1 is 0.933 bits per heavy atom. The number of fused-ring (bicyclic) bond motifs is 4. The molecule has 0 aliphatic carbocycles. The lowest BCUT2D eigenvalue weighted by Crippen LogP contribution is -2.35. The van der Waals surface area contributed by atoms with Crippen molar-refractivity contribution in [3.63, 3.8) is 0 Å². The lowest BCUT2D eigenvalue weighted by atomic mass is 10.1. The standard InChI is InChI=1S/C21H22F2N10O10P2/c22-9-13-7(40-20(9)33-6-29-12-17(33)30-21(25)31-18(12)34)1-2-44(35,36)42-14-8(3-39-45(37,38)43-13)41-19(10(14)23)32-5-28-11-15(24)26-4-27-16(11)32/h1-2,4-10,13-14,19-20H,3H2,(H,35,36)(H,37,38)(H2,24,26,27)(H3,25,30,31,34)/b2-1+/t7-,8-,9-,10-,13-,14-,19-,20-/m1/s1. The van der Waals surface area contributed by atoms with Gasteiger partial charge in [0, 0.05) is 5.82 Å². The Morgan fingerprint density at radius 3 is 2.40 bits per heavy atom. The maximum Gasteiger partial charge on any atom is 0.472 e. The van der Waals surface area contributed by atoms with Gasteiger partial charge in [0.25, 0.3) is 5.56 Å². The van der Waals surface area contributed by atoms with Gasteiger partial charge in [-0.15, -0.1) is 0 Å². The first-order valence-corrected chi connectivity index (χ1v) is 16.1. The predicted octanol–water partition coefficient (Wildman–Crippen LogP) is 0.195. The minimum absolute atomic E-state index is 0.00181. The van der Waals surface area contributed by atoms with Crippen molar-refractivity contribution in [1.82, 2.24) is 39.0 Å². The van der Waals surface area contributed by atoms with E-state index >= 15 is 8.78 Å². The first-order chi connectivity index (χ1) is 21.3. The van der Waals surface area contributed by atoms with Crippen LogP contribution in [0.2, 0.25) is 0 Å². The van der Waals surface area contributed by atoms with Crippen molar-refractivity contribution in [2.45, 2.75) is 49.2 Å². The average Bonchev–Trinajstić information content (AvgIpc) is 3.72. The van der Waals surface area contributed by atoms with Crippen LogP contribution in [0, 0.1) is 0 Å². The molecule has 0 aromatic carbocycles. The van der Waals surface area contributed by atoms with Crippen molar-refractivity contribution >= 4 is 49.5 Å². The van der Waals surface area contributed by atoms with Gasteiger partial charge in [-0.3, -0.25) is 37.0 Å².